The Balaban J connectivity index is 2.09. The van der Waals surface area contributed by atoms with Crippen molar-refractivity contribution in [3.05, 3.63) is 59.4 Å². The third-order valence-electron chi connectivity index (χ3n) is 3.32. The molecule has 0 aliphatic carbocycles. The van der Waals surface area contributed by atoms with Gasteiger partial charge in [0.15, 0.2) is 11.5 Å². The van der Waals surface area contributed by atoms with Gasteiger partial charge in [-0.1, -0.05) is 0 Å². The molecule has 7 nitrogen and oxygen atoms in total. The van der Waals surface area contributed by atoms with Gasteiger partial charge in [0.25, 0.3) is 0 Å². The van der Waals surface area contributed by atoms with Gasteiger partial charge in [-0.3, -0.25) is 0 Å². The summed E-state index contributed by atoms with van der Waals surface area (Å²) in [7, 11) is 0. The Morgan fingerprint density at radius 1 is 1.10 bits per heavy atom. The molecule has 1 N–H and O–H groups in total. The first-order valence-corrected chi connectivity index (χ1v) is 8.94. The number of rotatable bonds is 6. The van der Waals surface area contributed by atoms with Gasteiger partial charge in [0.1, 0.15) is 11.4 Å². The van der Waals surface area contributed by atoms with Crippen LogP contribution in [0.5, 0.6) is 11.5 Å². The molecule has 0 fully saturated rings. The third-order valence-corrected chi connectivity index (χ3v) is 3.32. The molecule has 1 amide bonds. The van der Waals surface area contributed by atoms with Gasteiger partial charge in [-0.15, -0.1) is 0 Å². The van der Waals surface area contributed by atoms with Crippen molar-refractivity contribution in [2.75, 3.05) is 6.61 Å². The second kappa shape index (κ2) is 9.68. The van der Waals surface area contributed by atoms with Crippen molar-refractivity contribution in [3.8, 4) is 11.5 Å². The average molecular weight is 402 g/mol. The summed E-state index contributed by atoms with van der Waals surface area (Å²) in [6.45, 7) is 7.37. The number of ether oxygens (including phenoxy) is 3. The molecule has 0 saturated heterocycles. The van der Waals surface area contributed by atoms with Crippen LogP contribution >= 0.6 is 0 Å². The lowest BCUT2D eigenvalue weighted by Crippen LogP contribution is -2.29. The van der Waals surface area contributed by atoms with Gasteiger partial charge in [-0.2, -0.15) is 5.10 Å². The van der Waals surface area contributed by atoms with Crippen molar-refractivity contribution < 1.29 is 28.2 Å². The van der Waals surface area contributed by atoms with Gasteiger partial charge in [0, 0.05) is 0 Å². The number of hydrogen-bond donors (Lipinski definition) is 1. The van der Waals surface area contributed by atoms with Crippen LogP contribution in [0.4, 0.5) is 9.18 Å². The van der Waals surface area contributed by atoms with Gasteiger partial charge in [0.2, 0.25) is 0 Å². The molecule has 0 aromatic heterocycles. The Labute approximate surface area is 168 Å². The molecule has 0 saturated carbocycles. The van der Waals surface area contributed by atoms with E-state index in [9.17, 15) is 14.0 Å². The summed E-state index contributed by atoms with van der Waals surface area (Å²) < 4.78 is 29.0. The summed E-state index contributed by atoms with van der Waals surface area (Å²) in [6.07, 6.45) is 0.724. The van der Waals surface area contributed by atoms with E-state index < -0.39 is 23.5 Å². The van der Waals surface area contributed by atoms with E-state index in [2.05, 4.69) is 10.5 Å². The van der Waals surface area contributed by atoms with Crippen molar-refractivity contribution in [3.63, 3.8) is 0 Å². The van der Waals surface area contributed by atoms with Crippen molar-refractivity contribution >= 4 is 18.3 Å². The van der Waals surface area contributed by atoms with E-state index in [0.717, 1.165) is 0 Å². The number of carbonyl (C=O) groups is 2. The first-order chi connectivity index (χ1) is 13.7. The molecule has 29 heavy (non-hydrogen) atoms. The van der Waals surface area contributed by atoms with E-state index in [-0.39, 0.29) is 11.3 Å². The zero-order valence-corrected chi connectivity index (χ0v) is 16.7. The van der Waals surface area contributed by atoms with Gasteiger partial charge in [-0.25, -0.2) is 19.4 Å². The standard InChI is InChI=1S/C21H23FN2O5/c1-5-27-18-12-14(13-23-24-20(26)29-21(2,3)4)6-11-17(18)28-19(25)15-7-9-16(22)10-8-15/h6-13H,5H2,1-4H3,(H,24,26)/b23-13-. The fourth-order valence-corrected chi connectivity index (χ4v) is 2.16. The minimum Gasteiger partial charge on any atom is -0.490 e. The topological polar surface area (TPSA) is 86.2 Å². The maximum Gasteiger partial charge on any atom is 0.428 e. The fourth-order valence-electron chi connectivity index (χ4n) is 2.16. The first kappa shape index (κ1) is 21.9. The number of hydrogen-bond acceptors (Lipinski definition) is 6. The molecule has 0 aliphatic rings. The Hall–Kier alpha value is -3.42. The number of nitrogens with zero attached hydrogens (tertiary/aromatic N) is 1. The summed E-state index contributed by atoms with van der Waals surface area (Å²) in [4.78, 5) is 23.8. The summed E-state index contributed by atoms with van der Waals surface area (Å²) in [5.41, 5.74) is 2.45. The van der Waals surface area contributed by atoms with Crippen LogP contribution in [-0.2, 0) is 4.74 Å². The second-order valence-electron chi connectivity index (χ2n) is 6.91. The molecule has 2 aromatic rings. The number of halogens is 1. The molecule has 0 spiro atoms. The Bertz CT molecular complexity index is 889. The zero-order chi connectivity index (χ0) is 21.4. The molecular weight excluding hydrogens is 379 g/mol. The van der Waals surface area contributed by atoms with Crippen LogP contribution in [0.1, 0.15) is 43.6 Å². The fraction of sp³-hybridized carbons (Fsp3) is 0.286. The van der Waals surface area contributed by atoms with Crippen LogP contribution in [-0.4, -0.2) is 30.5 Å². The molecule has 0 radical (unpaired) electrons. The molecule has 2 rings (SSSR count). The molecule has 0 atom stereocenters. The molecular formula is C21H23FN2O5. The quantitative estimate of drug-likeness (QED) is 0.337. The molecule has 154 valence electrons. The highest BCUT2D eigenvalue weighted by Gasteiger charge is 2.16. The van der Waals surface area contributed by atoms with Crippen molar-refractivity contribution in [2.45, 2.75) is 33.3 Å². The third kappa shape index (κ3) is 7.25. The highest BCUT2D eigenvalue weighted by Crippen LogP contribution is 2.29. The van der Waals surface area contributed by atoms with Crippen molar-refractivity contribution in [1.29, 1.82) is 0 Å². The Morgan fingerprint density at radius 2 is 1.79 bits per heavy atom. The highest BCUT2D eigenvalue weighted by atomic mass is 19.1. The SMILES string of the molecule is CCOc1cc(/C=N\NC(=O)OC(C)(C)C)ccc1OC(=O)c1ccc(F)cc1. The van der Waals surface area contributed by atoms with Crippen LogP contribution in [0.3, 0.4) is 0 Å². The van der Waals surface area contributed by atoms with Crippen LogP contribution in [0.2, 0.25) is 0 Å². The van der Waals surface area contributed by atoms with E-state index in [1.807, 2.05) is 0 Å². The molecule has 0 bridgehead atoms. The van der Waals surface area contributed by atoms with E-state index in [0.29, 0.717) is 17.9 Å². The first-order valence-electron chi connectivity index (χ1n) is 8.94. The summed E-state index contributed by atoms with van der Waals surface area (Å²) in [6, 6.07) is 9.81. The van der Waals surface area contributed by atoms with E-state index in [1.54, 1.807) is 45.9 Å². The number of amides is 1. The minimum absolute atomic E-state index is 0.207. The monoisotopic (exact) mass is 402 g/mol. The molecule has 0 heterocycles. The molecule has 8 heteroatoms. The van der Waals surface area contributed by atoms with Crippen molar-refractivity contribution in [1.82, 2.24) is 5.43 Å². The van der Waals surface area contributed by atoms with Crippen LogP contribution in [0.25, 0.3) is 0 Å². The predicted octanol–water partition coefficient (Wildman–Crippen LogP) is 4.30. The molecule has 2 aromatic carbocycles. The number of hydrazone groups is 1. The second-order valence-corrected chi connectivity index (χ2v) is 6.91. The van der Waals surface area contributed by atoms with Gasteiger partial charge >= 0.3 is 12.1 Å². The lowest BCUT2D eigenvalue weighted by atomic mass is 10.2. The Kier molecular flexibility index (Phi) is 7.30. The largest absolute Gasteiger partial charge is 0.490 e. The highest BCUT2D eigenvalue weighted by molar-refractivity contribution is 5.91. The average Bonchev–Trinajstić information content (AvgIpc) is 2.63. The molecule has 0 aliphatic heterocycles. The van der Waals surface area contributed by atoms with E-state index in [4.69, 9.17) is 14.2 Å². The normalized spacial score (nSPS) is 11.2. The van der Waals surface area contributed by atoms with Gasteiger partial charge < -0.3 is 14.2 Å². The summed E-state index contributed by atoms with van der Waals surface area (Å²) in [5.74, 6) is -0.554. The van der Waals surface area contributed by atoms with Crippen LogP contribution in [0.15, 0.2) is 47.6 Å². The number of nitrogens with one attached hydrogen (secondary N) is 1. The maximum atomic E-state index is 13.0. The van der Waals surface area contributed by atoms with E-state index in [1.165, 1.54) is 30.5 Å². The van der Waals surface area contributed by atoms with Crippen LogP contribution < -0.4 is 14.9 Å². The lowest BCUT2D eigenvalue weighted by molar-refractivity contribution is 0.0529. The Morgan fingerprint density at radius 3 is 2.41 bits per heavy atom. The maximum absolute atomic E-state index is 13.0. The lowest BCUT2D eigenvalue weighted by Gasteiger charge is -2.18. The van der Waals surface area contributed by atoms with Gasteiger partial charge in [-0.05, 0) is 75.7 Å². The number of benzene rings is 2. The van der Waals surface area contributed by atoms with Gasteiger partial charge in [0.05, 0.1) is 18.4 Å². The number of esters is 1. The summed E-state index contributed by atoms with van der Waals surface area (Å²) >= 11 is 0. The van der Waals surface area contributed by atoms with E-state index >= 15 is 0 Å². The summed E-state index contributed by atoms with van der Waals surface area (Å²) in [5, 5.41) is 3.83. The minimum atomic E-state index is -0.677. The smallest absolute Gasteiger partial charge is 0.428 e. The predicted molar refractivity (Wildman–Crippen MR) is 106 cm³/mol. The number of carbonyl (C=O) groups excluding carboxylic acids is 2. The van der Waals surface area contributed by atoms with Crippen molar-refractivity contribution in [2.24, 2.45) is 5.10 Å². The zero-order valence-electron chi connectivity index (χ0n) is 16.7. The molecule has 0 unspecified atom stereocenters. The van der Waals surface area contributed by atoms with Crippen LogP contribution in [0, 0.1) is 5.82 Å².